The molecule has 1 atom stereocenters. The van der Waals surface area contributed by atoms with E-state index in [4.69, 9.17) is 0 Å². The number of nitro benzene ring substituents is 1. The normalized spacial score (nSPS) is 24.5. The maximum Gasteiger partial charge on any atom is 0.269 e. The summed E-state index contributed by atoms with van der Waals surface area (Å²) < 4.78 is 0. The zero-order valence-electron chi connectivity index (χ0n) is 10.9. The molecule has 2 aliphatic heterocycles. The Hall–Kier alpha value is -2.26. The average Bonchev–Trinajstić information content (AvgIpc) is 2.78. The summed E-state index contributed by atoms with van der Waals surface area (Å²) in [5.41, 5.74) is -1.20. The highest BCUT2D eigenvalue weighted by molar-refractivity contribution is 8.27. The van der Waals surface area contributed by atoms with Crippen LogP contribution in [-0.2, 0) is 10.5 Å². The van der Waals surface area contributed by atoms with Crippen molar-refractivity contribution in [1.82, 2.24) is 5.01 Å². The quantitative estimate of drug-likeness (QED) is 0.646. The number of hydrazone groups is 1. The molecule has 0 spiro atoms. The number of thioether (sulfide) groups is 1. The van der Waals surface area contributed by atoms with Crippen molar-refractivity contribution < 1.29 is 14.8 Å². The lowest BCUT2D eigenvalue weighted by molar-refractivity contribution is -0.385. The maximum atomic E-state index is 11.6. The molecule has 8 nitrogen and oxygen atoms in total. The van der Waals surface area contributed by atoms with E-state index >= 15 is 0 Å². The van der Waals surface area contributed by atoms with Gasteiger partial charge in [0.25, 0.3) is 5.69 Å². The Balaban J connectivity index is 2.05. The Bertz CT molecular complexity index is 717. The Labute approximate surface area is 123 Å². The lowest BCUT2D eigenvalue weighted by atomic mass is 10.0. The summed E-state index contributed by atoms with van der Waals surface area (Å²) in [7, 11) is 0. The van der Waals surface area contributed by atoms with Crippen LogP contribution in [0.2, 0.25) is 0 Å². The number of hydrogen-bond acceptors (Lipinski definition) is 8. The third-order valence-electron chi connectivity index (χ3n) is 3.22. The molecule has 0 bridgehead atoms. The number of aliphatic hydroxyl groups is 1. The summed E-state index contributed by atoms with van der Waals surface area (Å²) in [6.45, 7) is 1.50. The van der Waals surface area contributed by atoms with Gasteiger partial charge >= 0.3 is 0 Å². The molecule has 3 rings (SSSR count). The van der Waals surface area contributed by atoms with Gasteiger partial charge in [0.1, 0.15) is 5.71 Å². The molecule has 2 heterocycles. The summed E-state index contributed by atoms with van der Waals surface area (Å²) >= 11 is 0.885. The van der Waals surface area contributed by atoms with E-state index in [0.29, 0.717) is 10.7 Å². The van der Waals surface area contributed by atoms with Crippen molar-refractivity contribution in [3.05, 3.63) is 39.9 Å². The fourth-order valence-electron chi connectivity index (χ4n) is 2.10. The second-order valence-corrected chi connectivity index (χ2v) is 5.55. The van der Waals surface area contributed by atoms with E-state index in [-0.39, 0.29) is 23.1 Å². The van der Waals surface area contributed by atoms with Crippen molar-refractivity contribution in [1.29, 1.82) is 0 Å². The Morgan fingerprint density at radius 2 is 2.29 bits per heavy atom. The first kappa shape index (κ1) is 13.7. The SMILES string of the molecule is CC1=NN2C(=NCC2(O)c2cccc([N+](=O)[O-])c2)SC1=O. The van der Waals surface area contributed by atoms with Crippen LogP contribution in [0.25, 0.3) is 0 Å². The number of benzene rings is 1. The van der Waals surface area contributed by atoms with E-state index in [1.54, 1.807) is 6.07 Å². The van der Waals surface area contributed by atoms with Gasteiger partial charge in [0, 0.05) is 17.7 Å². The predicted molar refractivity (Wildman–Crippen MR) is 76.8 cm³/mol. The molecular formula is C12H10N4O4S. The molecule has 21 heavy (non-hydrogen) atoms. The summed E-state index contributed by atoms with van der Waals surface area (Å²) in [5.74, 6) is 0. The van der Waals surface area contributed by atoms with E-state index in [2.05, 4.69) is 10.1 Å². The maximum absolute atomic E-state index is 11.6. The number of fused-ring (bicyclic) bond motifs is 1. The highest BCUT2D eigenvalue weighted by Crippen LogP contribution is 2.38. The fraction of sp³-hybridized carbons (Fsp3) is 0.250. The van der Waals surface area contributed by atoms with E-state index < -0.39 is 10.6 Å². The van der Waals surface area contributed by atoms with Gasteiger partial charge in [-0.3, -0.25) is 19.9 Å². The number of hydrogen-bond donors (Lipinski definition) is 1. The zero-order valence-corrected chi connectivity index (χ0v) is 11.7. The highest BCUT2D eigenvalue weighted by Gasteiger charge is 2.47. The van der Waals surface area contributed by atoms with Gasteiger partial charge in [0.15, 0.2) is 5.17 Å². The lowest BCUT2D eigenvalue weighted by Crippen LogP contribution is -2.45. The van der Waals surface area contributed by atoms with Gasteiger partial charge in [-0.05, 0) is 18.7 Å². The topological polar surface area (TPSA) is 108 Å². The van der Waals surface area contributed by atoms with Crippen molar-refractivity contribution in [2.24, 2.45) is 10.1 Å². The third kappa shape index (κ3) is 2.10. The van der Waals surface area contributed by atoms with Crippen LogP contribution in [0.1, 0.15) is 12.5 Å². The number of carbonyl (C=O) groups excluding carboxylic acids is 1. The molecule has 0 saturated heterocycles. The van der Waals surface area contributed by atoms with Gasteiger partial charge in [-0.1, -0.05) is 12.1 Å². The summed E-state index contributed by atoms with van der Waals surface area (Å²) in [4.78, 5) is 26.0. The molecule has 0 fully saturated rings. The second kappa shape index (κ2) is 4.64. The number of rotatable bonds is 2. The van der Waals surface area contributed by atoms with Crippen molar-refractivity contribution in [3.63, 3.8) is 0 Å². The van der Waals surface area contributed by atoms with E-state index in [0.717, 1.165) is 11.8 Å². The van der Waals surface area contributed by atoms with Crippen LogP contribution in [-0.4, -0.2) is 37.6 Å². The first-order valence-corrected chi connectivity index (χ1v) is 6.83. The molecule has 0 aromatic heterocycles. The number of nitrogens with zero attached hydrogens (tertiary/aromatic N) is 4. The molecule has 9 heteroatoms. The number of aliphatic imine (C=N–C) groups is 1. The largest absolute Gasteiger partial charge is 0.364 e. The highest BCUT2D eigenvalue weighted by atomic mass is 32.2. The van der Waals surface area contributed by atoms with Crippen molar-refractivity contribution in [2.45, 2.75) is 12.6 Å². The summed E-state index contributed by atoms with van der Waals surface area (Å²) in [6.07, 6.45) is 0. The van der Waals surface area contributed by atoms with Crippen molar-refractivity contribution in [3.8, 4) is 0 Å². The minimum atomic E-state index is -1.61. The van der Waals surface area contributed by atoms with E-state index in [1.807, 2.05) is 0 Å². The molecule has 1 N–H and O–H groups in total. The third-order valence-corrected chi connectivity index (χ3v) is 4.18. The molecule has 0 amide bonds. The molecule has 0 aliphatic carbocycles. The van der Waals surface area contributed by atoms with Crippen molar-refractivity contribution >= 4 is 33.4 Å². The van der Waals surface area contributed by atoms with Crippen LogP contribution < -0.4 is 0 Å². The van der Waals surface area contributed by atoms with Crippen LogP contribution in [0.4, 0.5) is 5.69 Å². The first-order valence-electron chi connectivity index (χ1n) is 6.01. The van der Waals surface area contributed by atoms with Crippen LogP contribution in [0.15, 0.2) is 34.4 Å². The molecule has 108 valence electrons. The van der Waals surface area contributed by atoms with Gasteiger partial charge in [-0.15, -0.1) is 0 Å². The lowest BCUT2D eigenvalue weighted by Gasteiger charge is -2.33. The molecule has 2 aliphatic rings. The molecule has 1 aromatic carbocycles. The molecule has 1 aromatic rings. The number of nitro groups is 1. The average molecular weight is 306 g/mol. The molecular weight excluding hydrogens is 296 g/mol. The smallest absolute Gasteiger partial charge is 0.269 e. The predicted octanol–water partition coefficient (Wildman–Crippen LogP) is 1.06. The van der Waals surface area contributed by atoms with Gasteiger partial charge in [0.2, 0.25) is 10.8 Å². The summed E-state index contributed by atoms with van der Waals surface area (Å²) in [6, 6.07) is 5.68. The Morgan fingerprint density at radius 1 is 1.52 bits per heavy atom. The Kier molecular flexibility index (Phi) is 3.03. The zero-order chi connectivity index (χ0) is 15.2. The van der Waals surface area contributed by atoms with Crippen LogP contribution >= 0.6 is 11.8 Å². The van der Waals surface area contributed by atoms with Crippen LogP contribution in [0, 0.1) is 10.1 Å². The minimum absolute atomic E-state index is 0.0411. The number of carbonyl (C=O) groups is 1. The van der Waals surface area contributed by atoms with Crippen LogP contribution in [0.5, 0.6) is 0 Å². The monoisotopic (exact) mass is 306 g/mol. The first-order chi connectivity index (χ1) is 9.91. The number of non-ortho nitro benzene ring substituents is 1. The second-order valence-electron chi connectivity index (χ2n) is 4.61. The minimum Gasteiger partial charge on any atom is -0.364 e. The van der Waals surface area contributed by atoms with Crippen LogP contribution in [0.3, 0.4) is 0 Å². The molecule has 0 radical (unpaired) electrons. The molecule has 1 unspecified atom stereocenters. The standard InChI is InChI=1S/C12H10N4O4S/c1-7-10(17)21-11-13-6-12(18,15(11)14-7)8-3-2-4-9(5-8)16(19)20/h2-5,18H,6H2,1H3. The van der Waals surface area contributed by atoms with Crippen molar-refractivity contribution in [2.75, 3.05) is 6.54 Å². The van der Waals surface area contributed by atoms with E-state index in [1.165, 1.54) is 30.1 Å². The molecule has 0 saturated carbocycles. The Morgan fingerprint density at radius 3 is 3.00 bits per heavy atom. The van der Waals surface area contributed by atoms with Gasteiger partial charge < -0.3 is 5.11 Å². The summed E-state index contributed by atoms with van der Waals surface area (Å²) in [5, 5.41) is 27.0. The van der Waals surface area contributed by atoms with E-state index in [9.17, 15) is 20.0 Å². The van der Waals surface area contributed by atoms with Gasteiger partial charge in [-0.2, -0.15) is 5.10 Å². The number of amidine groups is 1. The van der Waals surface area contributed by atoms with Gasteiger partial charge in [-0.25, -0.2) is 5.01 Å². The fourth-order valence-corrected chi connectivity index (χ4v) is 2.86. The van der Waals surface area contributed by atoms with Gasteiger partial charge in [0.05, 0.1) is 11.5 Å².